The SMILES string of the molecule is CCCCCCCCCCCCCCCCCCOc1ccc(C[S+](C)C)cc1. The molecule has 0 N–H and O–H groups in total. The minimum absolute atomic E-state index is 0.469. The molecule has 0 aliphatic carbocycles. The molecular formula is C27H49OS+. The van der Waals surface area contributed by atoms with Crippen LogP contribution >= 0.6 is 0 Å². The lowest BCUT2D eigenvalue weighted by atomic mass is 10.0. The highest BCUT2D eigenvalue weighted by molar-refractivity contribution is 7.94. The lowest BCUT2D eigenvalue weighted by molar-refractivity contribution is 0.304. The van der Waals surface area contributed by atoms with Crippen LogP contribution in [0.15, 0.2) is 24.3 Å². The van der Waals surface area contributed by atoms with Crippen LogP contribution in [-0.2, 0) is 16.6 Å². The van der Waals surface area contributed by atoms with E-state index < -0.39 is 0 Å². The second-order valence-electron chi connectivity index (χ2n) is 8.93. The van der Waals surface area contributed by atoms with E-state index in [-0.39, 0.29) is 0 Å². The predicted molar refractivity (Wildman–Crippen MR) is 134 cm³/mol. The number of rotatable bonds is 20. The Bertz CT molecular complexity index is 454. The molecule has 0 fully saturated rings. The van der Waals surface area contributed by atoms with Crippen molar-refractivity contribution in [1.29, 1.82) is 0 Å². The maximum atomic E-state index is 5.89. The van der Waals surface area contributed by atoms with Crippen LogP contribution < -0.4 is 4.74 Å². The summed E-state index contributed by atoms with van der Waals surface area (Å²) >= 11 is 0. The fourth-order valence-corrected chi connectivity index (χ4v) is 4.71. The van der Waals surface area contributed by atoms with Crippen LogP contribution in [0.2, 0.25) is 0 Å². The number of unbranched alkanes of at least 4 members (excludes halogenated alkanes) is 15. The first-order valence-electron chi connectivity index (χ1n) is 12.5. The van der Waals surface area contributed by atoms with Crippen LogP contribution in [0.1, 0.15) is 115 Å². The van der Waals surface area contributed by atoms with E-state index in [1.165, 1.54) is 114 Å². The van der Waals surface area contributed by atoms with Crippen molar-refractivity contribution in [2.24, 2.45) is 0 Å². The van der Waals surface area contributed by atoms with Gasteiger partial charge >= 0.3 is 0 Å². The molecule has 0 saturated carbocycles. The molecule has 0 aliphatic heterocycles. The molecule has 1 rings (SSSR count). The number of hydrogen-bond acceptors (Lipinski definition) is 1. The molecule has 0 saturated heterocycles. The van der Waals surface area contributed by atoms with E-state index in [0.717, 1.165) is 12.4 Å². The summed E-state index contributed by atoms with van der Waals surface area (Å²) in [6.07, 6.45) is 27.2. The van der Waals surface area contributed by atoms with Gasteiger partial charge in [-0.25, -0.2) is 0 Å². The predicted octanol–water partition coefficient (Wildman–Crippen LogP) is 8.70. The Hall–Kier alpha value is -0.630. The normalized spacial score (nSPS) is 11.3. The van der Waals surface area contributed by atoms with Gasteiger partial charge < -0.3 is 4.74 Å². The first-order chi connectivity index (χ1) is 14.2. The lowest BCUT2D eigenvalue weighted by Gasteiger charge is -2.07. The summed E-state index contributed by atoms with van der Waals surface area (Å²) in [5, 5.41) is 0. The Labute approximate surface area is 185 Å². The fraction of sp³-hybridized carbons (Fsp3) is 0.778. The Morgan fingerprint density at radius 1 is 0.586 bits per heavy atom. The Morgan fingerprint density at radius 2 is 1.00 bits per heavy atom. The van der Waals surface area contributed by atoms with Gasteiger partial charge in [0.2, 0.25) is 0 Å². The molecule has 168 valence electrons. The van der Waals surface area contributed by atoms with Crippen molar-refractivity contribution in [3.63, 3.8) is 0 Å². The number of ether oxygens (including phenoxy) is 1. The molecule has 0 heterocycles. The average Bonchev–Trinajstić information content (AvgIpc) is 2.71. The van der Waals surface area contributed by atoms with Crippen molar-refractivity contribution in [2.45, 2.75) is 115 Å². The van der Waals surface area contributed by atoms with E-state index in [9.17, 15) is 0 Å². The lowest BCUT2D eigenvalue weighted by Crippen LogP contribution is -2.00. The summed E-state index contributed by atoms with van der Waals surface area (Å²) in [7, 11) is 0.469. The van der Waals surface area contributed by atoms with Gasteiger partial charge in [0.05, 0.1) is 19.1 Å². The molecule has 0 radical (unpaired) electrons. The Morgan fingerprint density at radius 3 is 1.41 bits per heavy atom. The largest absolute Gasteiger partial charge is 0.494 e. The smallest absolute Gasteiger partial charge is 0.132 e. The minimum atomic E-state index is 0.469. The van der Waals surface area contributed by atoms with Crippen molar-refractivity contribution in [3.8, 4) is 5.75 Å². The van der Waals surface area contributed by atoms with E-state index in [0.29, 0.717) is 10.9 Å². The standard InChI is InChI=1S/C27H49OS/c1-4-5-6-7-8-9-10-11-12-13-14-15-16-17-18-19-24-28-27-22-20-26(21-23-27)25-29(2)3/h20-23H,4-19,24-25H2,1-3H3/q+1. The van der Waals surface area contributed by atoms with Gasteiger partial charge in [-0.2, -0.15) is 0 Å². The minimum Gasteiger partial charge on any atom is -0.494 e. The maximum Gasteiger partial charge on any atom is 0.132 e. The summed E-state index contributed by atoms with van der Waals surface area (Å²) < 4.78 is 5.89. The van der Waals surface area contributed by atoms with E-state index >= 15 is 0 Å². The zero-order valence-corrected chi connectivity index (χ0v) is 20.7. The number of hydrogen-bond donors (Lipinski definition) is 0. The summed E-state index contributed by atoms with van der Waals surface area (Å²) in [5.74, 6) is 2.21. The van der Waals surface area contributed by atoms with E-state index in [1.54, 1.807) is 0 Å². The van der Waals surface area contributed by atoms with Crippen molar-refractivity contribution < 1.29 is 4.74 Å². The number of benzene rings is 1. The molecule has 0 aliphatic rings. The van der Waals surface area contributed by atoms with Crippen LogP contribution in [0.5, 0.6) is 5.75 Å². The maximum absolute atomic E-state index is 5.89. The molecule has 1 aromatic carbocycles. The molecule has 1 nitrogen and oxygen atoms in total. The zero-order valence-electron chi connectivity index (χ0n) is 19.9. The third-order valence-corrected chi connectivity index (χ3v) is 6.56. The highest BCUT2D eigenvalue weighted by atomic mass is 32.2. The third-order valence-electron chi connectivity index (χ3n) is 5.65. The molecule has 0 spiro atoms. The van der Waals surface area contributed by atoms with Gasteiger partial charge in [-0.1, -0.05) is 115 Å². The van der Waals surface area contributed by atoms with Crippen molar-refractivity contribution >= 4 is 10.9 Å². The van der Waals surface area contributed by atoms with Crippen LogP contribution in [0.25, 0.3) is 0 Å². The molecule has 2 heteroatoms. The third kappa shape index (κ3) is 16.8. The highest BCUT2D eigenvalue weighted by Crippen LogP contribution is 2.16. The van der Waals surface area contributed by atoms with Crippen LogP contribution in [0, 0.1) is 0 Å². The van der Waals surface area contributed by atoms with Gasteiger partial charge in [0.25, 0.3) is 0 Å². The van der Waals surface area contributed by atoms with Crippen LogP contribution in [-0.4, -0.2) is 19.1 Å². The summed E-state index contributed by atoms with van der Waals surface area (Å²) in [4.78, 5) is 0. The summed E-state index contributed by atoms with van der Waals surface area (Å²) in [5.41, 5.74) is 1.42. The topological polar surface area (TPSA) is 9.23 Å². The average molecular weight is 422 g/mol. The molecular weight excluding hydrogens is 372 g/mol. The molecule has 29 heavy (non-hydrogen) atoms. The van der Waals surface area contributed by atoms with Gasteiger partial charge in [-0.05, 0) is 29.4 Å². The quantitative estimate of drug-likeness (QED) is 0.151. The molecule has 0 amide bonds. The second kappa shape index (κ2) is 19.3. The van der Waals surface area contributed by atoms with Gasteiger partial charge in [-0.3, -0.25) is 0 Å². The van der Waals surface area contributed by atoms with E-state index in [2.05, 4.69) is 43.7 Å². The Balaban J connectivity index is 1.80. The second-order valence-corrected chi connectivity index (χ2v) is 11.2. The molecule has 1 aromatic rings. The van der Waals surface area contributed by atoms with Gasteiger partial charge in [0.1, 0.15) is 11.5 Å². The van der Waals surface area contributed by atoms with Gasteiger partial charge in [0.15, 0.2) is 0 Å². The summed E-state index contributed by atoms with van der Waals surface area (Å²) in [6, 6.07) is 8.70. The van der Waals surface area contributed by atoms with Crippen molar-refractivity contribution in [2.75, 3.05) is 19.1 Å². The van der Waals surface area contributed by atoms with Gasteiger partial charge in [-0.15, -0.1) is 0 Å². The highest BCUT2D eigenvalue weighted by Gasteiger charge is 2.04. The van der Waals surface area contributed by atoms with E-state index in [1.807, 2.05) is 0 Å². The van der Waals surface area contributed by atoms with Crippen molar-refractivity contribution in [3.05, 3.63) is 29.8 Å². The fourth-order valence-electron chi connectivity index (χ4n) is 3.86. The molecule has 0 unspecified atom stereocenters. The molecule has 0 bridgehead atoms. The van der Waals surface area contributed by atoms with Crippen LogP contribution in [0.3, 0.4) is 0 Å². The van der Waals surface area contributed by atoms with Crippen LogP contribution in [0.4, 0.5) is 0 Å². The zero-order chi connectivity index (χ0) is 21.0. The molecule has 0 aromatic heterocycles. The van der Waals surface area contributed by atoms with E-state index in [4.69, 9.17) is 4.74 Å². The first-order valence-corrected chi connectivity index (χ1v) is 14.7. The van der Waals surface area contributed by atoms with Gasteiger partial charge in [0, 0.05) is 5.56 Å². The first kappa shape index (κ1) is 26.4. The Kier molecular flexibility index (Phi) is 17.6. The summed E-state index contributed by atoms with van der Waals surface area (Å²) in [6.45, 7) is 3.16. The van der Waals surface area contributed by atoms with Crippen molar-refractivity contribution in [1.82, 2.24) is 0 Å². The monoisotopic (exact) mass is 421 g/mol. The molecule has 0 atom stereocenters.